The van der Waals surface area contributed by atoms with E-state index in [-0.39, 0.29) is 24.9 Å². The predicted octanol–water partition coefficient (Wildman–Crippen LogP) is 5.88. The average molecular weight is 619 g/mol. The number of nitrogens with zero attached hydrogens (tertiary/aromatic N) is 2. The third-order valence-electron chi connectivity index (χ3n) is 6.92. The maximum absolute atomic E-state index is 14.1. The van der Waals surface area contributed by atoms with Gasteiger partial charge in [-0.15, -0.1) is 0 Å². The molecule has 3 aromatic carbocycles. The summed E-state index contributed by atoms with van der Waals surface area (Å²) in [5, 5.41) is 3.68. The van der Waals surface area contributed by atoms with Crippen LogP contribution in [0.15, 0.2) is 72.8 Å². The Morgan fingerprint density at radius 3 is 2.07 bits per heavy atom. The largest absolute Gasteiger partial charge is 0.352 e. The monoisotopic (exact) mass is 617 g/mol. The van der Waals surface area contributed by atoms with Crippen LogP contribution in [0.2, 0.25) is 10.0 Å². The van der Waals surface area contributed by atoms with Gasteiger partial charge in [0.15, 0.2) is 0 Å². The van der Waals surface area contributed by atoms with Gasteiger partial charge in [0, 0.05) is 19.0 Å². The van der Waals surface area contributed by atoms with Crippen LogP contribution in [-0.4, -0.2) is 50.0 Å². The second-order valence-electron chi connectivity index (χ2n) is 10.1. The Morgan fingerprint density at radius 2 is 1.51 bits per heavy atom. The molecule has 0 aliphatic heterocycles. The van der Waals surface area contributed by atoms with Gasteiger partial charge in [-0.25, -0.2) is 8.42 Å². The number of halogens is 2. The molecule has 3 aromatic rings. The number of nitrogens with one attached hydrogen (secondary N) is 1. The molecule has 0 spiro atoms. The molecule has 0 aromatic heterocycles. The maximum Gasteiger partial charge on any atom is 0.244 e. The highest BCUT2D eigenvalue weighted by atomic mass is 35.5. The third-order valence-corrected chi connectivity index (χ3v) is 8.80. The van der Waals surface area contributed by atoms with Gasteiger partial charge in [0.2, 0.25) is 21.8 Å². The number of hydrogen-bond donors (Lipinski definition) is 1. The molecule has 3 rings (SSSR count). The summed E-state index contributed by atoms with van der Waals surface area (Å²) in [6, 6.07) is 20.4. The Morgan fingerprint density at radius 1 is 0.878 bits per heavy atom. The molecule has 0 saturated carbocycles. The molecule has 0 aliphatic carbocycles. The van der Waals surface area contributed by atoms with Crippen LogP contribution < -0.4 is 9.62 Å². The summed E-state index contributed by atoms with van der Waals surface area (Å²) in [4.78, 5) is 29.3. The summed E-state index contributed by atoms with van der Waals surface area (Å²) < 4.78 is 26.9. The average Bonchev–Trinajstić information content (AvgIpc) is 2.95. The Balaban J connectivity index is 2.07. The number of sulfonamides is 1. The maximum atomic E-state index is 14.1. The van der Waals surface area contributed by atoms with Crippen molar-refractivity contribution in [3.05, 3.63) is 99.5 Å². The molecule has 0 radical (unpaired) electrons. The van der Waals surface area contributed by atoms with Gasteiger partial charge in [-0.05, 0) is 60.7 Å². The number of aryl methyl sites for hydroxylation is 1. The minimum absolute atomic E-state index is 0.0214. The molecule has 0 aliphatic rings. The number of anilines is 1. The molecule has 10 heteroatoms. The van der Waals surface area contributed by atoms with Crippen LogP contribution in [-0.2, 0) is 39.0 Å². The highest BCUT2D eigenvalue weighted by Crippen LogP contribution is 2.25. The van der Waals surface area contributed by atoms with E-state index >= 15 is 0 Å². The van der Waals surface area contributed by atoms with E-state index in [2.05, 4.69) is 5.32 Å². The topological polar surface area (TPSA) is 86.8 Å². The van der Waals surface area contributed by atoms with Crippen molar-refractivity contribution in [1.29, 1.82) is 0 Å². The summed E-state index contributed by atoms with van der Waals surface area (Å²) in [5.41, 5.74) is 2.93. The second kappa shape index (κ2) is 14.7. The lowest BCUT2D eigenvalue weighted by molar-refractivity contribution is -0.140. The lowest BCUT2D eigenvalue weighted by atomic mass is 10.0. The van der Waals surface area contributed by atoms with Crippen molar-refractivity contribution in [2.45, 2.75) is 58.7 Å². The summed E-state index contributed by atoms with van der Waals surface area (Å²) >= 11 is 12.4. The Bertz CT molecular complexity index is 1430. The summed E-state index contributed by atoms with van der Waals surface area (Å²) in [6.45, 7) is 5.41. The van der Waals surface area contributed by atoms with E-state index in [0.29, 0.717) is 27.7 Å². The molecule has 0 fully saturated rings. The fourth-order valence-corrected chi connectivity index (χ4v) is 5.51. The van der Waals surface area contributed by atoms with Gasteiger partial charge in [0.05, 0.1) is 22.0 Å². The van der Waals surface area contributed by atoms with Crippen molar-refractivity contribution in [3.63, 3.8) is 0 Å². The molecule has 0 bridgehead atoms. The summed E-state index contributed by atoms with van der Waals surface area (Å²) in [6.07, 6.45) is 2.80. The molecule has 2 atom stereocenters. The zero-order valence-corrected chi connectivity index (χ0v) is 26.1. The van der Waals surface area contributed by atoms with Crippen molar-refractivity contribution in [2.75, 3.05) is 17.1 Å². The predicted molar refractivity (Wildman–Crippen MR) is 167 cm³/mol. The first-order chi connectivity index (χ1) is 19.4. The second-order valence-corrected chi connectivity index (χ2v) is 12.8. The van der Waals surface area contributed by atoms with Crippen molar-refractivity contribution >= 4 is 50.7 Å². The highest BCUT2D eigenvalue weighted by molar-refractivity contribution is 7.92. The molecule has 220 valence electrons. The lowest BCUT2D eigenvalue weighted by Gasteiger charge is -2.34. The standard InChI is InChI=1S/C31H37Cl2N3O4S/c1-5-22(3)34-31(38)29(19-24-10-8-7-9-11-24)35(20-25-14-17-27(32)28(33)18-25)30(37)21-36(41(4,39)40)26-15-12-23(6-2)13-16-26/h7-18,22,29H,5-6,19-21H2,1-4H3,(H,34,38)/t22-,29-/m0/s1. The van der Waals surface area contributed by atoms with E-state index in [9.17, 15) is 18.0 Å². The van der Waals surface area contributed by atoms with Gasteiger partial charge in [-0.3, -0.25) is 13.9 Å². The molecule has 7 nitrogen and oxygen atoms in total. The van der Waals surface area contributed by atoms with E-state index in [1.54, 1.807) is 30.3 Å². The van der Waals surface area contributed by atoms with Gasteiger partial charge in [0.25, 0.3) is 0 Å². The minimum Gasteiger partial charge on any atom is -0.352 e. The molecule has 41 heavy (non-hydrogen) atoms. The van der Waals surface area contributed by atoms with Crippen molar-refractivity contribution in [1.82, 2.24) is 10.2 Å². The Kier molecular flexibility index (Phi) is 11.6. The zero-order valence-electron chi connectivity index (χ0n) is 23.8. The van der Waals surface area contributed by atoms with Gasteiger partial charge in [-0.2, -0.15) is 0 Å². The number of hydrogen-bond acceptors (Lipinski definition) is 4. The summed E-state index contributed by atoms with van der Waals surface area (Å²) in [7, 11) is -3.83. The number of amides is 2. The zero-order chi connectivity index (χ0) is 30.2. The van der Waals surface area contributed by atoms with Crippen LogP contribution in [0.4, 0.5) is 5.69 Å². The smallest absolute Gasteiger partial charge is 0.244 e. The van der Waals surface area contributed by atoms with E-state index in [4.69, 9.17) is 23.2 Å². The van der Waals surface area contributed by atoms with Crippen molar-refractivity contribution in [2.24, 2.45) is 0 Å². The van der Waals surface area contributed by atoms with Crippen LogP contribution in [0.1, 0.15) is 43.9 Å². The third kappa shape index (κ3) is 9.21. The Hall–Kier alpha value is -3.07. The van der Waals surface area contributed by atoms with Crippen LogP contribution >= 0.6 is 23.2 Å². The van der Waals surface area contributed by atoms with E-state index in [1.165, 1.54) is 4.90 Å². The van der Waals surface area contributed by atoms with Crippen LogP contribution in [0.25, 0.3) is 0 Å². The molecule has 2 amide bonds. The molecule has 1 N–H and O–H groups in total. The first kappa shape index (κ1) is 32.4. The first-order valence-electron chi connectivity index (χ1n) is 13.6. The highest BCUT2D eigenvalue weighted by Gasteiger charge is 2.33. The summed E-state index contributed by atoms with van der Waals surface area (Å²) in [5.74, 6) is -0.851. The fourth-order valence-electron chi connectivity index (χ4n) is 4.34. The normalized spacial score (nSPS) is 12.8. The number of carbonyl (C=O) groups is 2. The quantitative estimate of drug-likeness (QED) is 0.260. The molecular weight excluding hydrogens is 581 g/mol. The Labute approximate surface area is 253 Å². The van der Waals surface area contributed by atoms with Gasteiger partial charge < -0.3 is 10.2 Å². The number of rotatable bonds is 13. The molecule has 0 heterocycles. The van der Waals surface area contributed by atoms with E-state index < -0.39 is 28.5 Å². The van der Waals surface area contributed by atoms with E-state index in [0.717, 1.165) is 28.1 Å². The van der Waals surface area contributed by atoms with Crippen molar-refractivity contribution in [3.8, 4) is 0 Å². The van der Waals surface area contributed by atoms with E-state index in [1.807, 2.05) is 63.2 Å². The fraction of sp³-hybridized carbons (Fsp3) is 0.355. The van der Waals surface area contributed by atoms with Crippen LogP contribution in [0.3, 0.4) is 0 Å². The first-order valence-corrected chi connectivity index (χ1v) is 16.2. The van der Waals surface area contributed by atoms with Crippen molar-refractivity contribution < 1.29 is 18.0 Å². The minimum atomic E-state index is -3.83. The number of benzene rings is 3. The molecular formula is C31H37Cl2N3O4S. The van der Waals surface area contributed by atoms with Gasteiger partial charge >= 0.3 is 0 Å². The van der Waals surface area contributed by atoms with Gasteiger partial charge in [0.1, 0.15) is 12.6 Å². The van der Waals surface area contributed by atoms with Gasteiger partial charge in [-0.1, -0.05) is 85.6 Å². The SMILES string of the molecule is CCc1ccc(N(CC(=O)N(Cc2ccc(Cl)c(Cl)c2)[C@@H](Cc2ccccc2)C(=O)N[C@@H](C)CC)S(C)(=O)=O)cc1. The molecule has 0 unspecified atom stereocenters. The molecule has 0 saturated heterocycles. The lowest BCUT2D eigenvalue weighted by Crippen LogP contribution is -2.54. The van der Waals surface area contributed by atoms with Crippen LogP contribution in [0.5, 0.6) is 0 Å². The van der Waals surface area contributed by atoms with Crippen LogP contribution in [0, 0.1) is 0 Å². The number of carbonyl (C=O) groups excluding carboxylic acids is 2.